The summed E-state index contributed by atoms with van der Waals surface area (Å²) in [6, 6.07) is 2.06. The highest BCUT2D eigenvalue weighted by molar-refractivity contribution is 9.10. The molecule has 2 aliphatic heterocycles. The minimum atomic E-state index is 0.379. The zero-order chi connectivity index (χ0) is 11.8. The van der Waals surface area contributed by atoms with Crippen molar-refractivity contribution in [2.45, 2.75) is 31.6 Å². The highest BCUT2D eigenvalue weighted by atomic mass is 79.9. The van der Waals surface area contributed by atoms with Gasteiger partial charge in [0.1, 0.15) is 5.82 Å². The molecule has 5 heteroatoms. The molecule has 2 atom stereocenters. The van der Waals surface area contributed by atoms with Crippen LogP contribution in [0.5, 0.6) is 0 Å². The molecule has 2 N–H and O–H groups in total. The summed E-state index contributed by atoms with van der Waals surface area (Å²) in [6.07, 6.45) is 4.95. The number of nitrogens with two attached hydrogens (primary N) is 1. The quantitative estimate of drug-likeness (QED) is 0.902. The van der Waals surface area contributed by atoms with Crippen LogP contribution in [0.25, 0.3) is 0 Å². The predicted octanol–water partition coefficient (Wildman–Crippen LogP) is 1.67. The number of hydrogen-bond donors (Lipinski definition) is 1. The van der Waals surface area contributed by atoms with Crippen molar-refractivity contribution in [2.24, 2.45) is 5.73 Å². The first-order valence-electron chi connectivity index (χ1n) is 6.01. The molecule has 92 valence electrons. The maximum Gasteiger partial charge on any atom is 0.133 e. The SMILES string of the molecule is NCc1cc(Br)cnc1N1CC2CCC(C1)O2. The number of anilines is 1. The van der Waals surface area contributed by atoms with E-state index in [1.807, 2.05) is 6.20 Å². The summed E-state index contributed by atoms with van der Waals surface area (Å²) in [4.78, 5) is 6.83. The monoisotopic (exact) mass is 297 g/mol. The van der Waals surface area contributed by atoms with Gasteiger partial charge in [-0.3, -0.25) is 0 Å². The molecule has 0 radical (unpaired) electrons. The van der Waals surface area contributed by atoms with E-state index in [4.69, 9.17) is 10.5 Å². The molecule has 3 heterocycles. The third-order valence-corrected chi connectivity index (χ3v) is 3.91. The van der Waals surface area contributed by atoms with Crippen LogP contribution in [-0.2, 0) is 11.3 Å². The van der Waals surface area contributed by atoms with Crippen LogP contribution in [0.15, 0.2) is 16.7 Å². The van der Waals surface area contributed by atoms with Gasteiger partial charge in [-0.2, -0.15) is 0 Å². The van der Waals surface area contributed by atoms with Crippen molar-refractivity contribution < 1.29 is 4.74 Å². The van der Waals surface area contributed by atoms with Crippen molar-refractivity contribution in [2.75, 3.05) is 18.0 Å². The van der Waals surface area contributed by atoms with Gasteiger partial charge in [-0.05, 0) is 34.8 Å². The van der Waals surface area contributed by atoms with Gasteiger partial charge in [0, 0.05) is 35.9 Å². The Kier molecular flexibility index (Phi) is 3.06. The Morgan fingerprint density at radius 3 is 2.76 bits per heavy atom. The summed E-state index contributed by atoms with van der Waals surface area (Å²) in [5, 5.41) is 0. The van der Waals surface area contributed by atoms with Gasteiger partial charge < -0.3 is 15.4 Å². The third kappa shape index (κ3) is 2.19. The fraction of sp³-hybridized carbons (Fsp3) is 0.583. The zero-order valence-electron chi connectivity index (χ0n) is 9.60. The number of morpholine rings is 1. The lowest BCUT2D eigenvalue weighted by atomic mass is 10.2. The third-order valence-electron chi connectivity index (χ3n) is 3.47. The van der Waals surface area contributed by atoms with Gasteiger partial charge in [-0.1, -0.05) is 0 Å². The molecule has 0 aliphatic carbocycles. The Morgan fingerprint density at radius 1 is 1.41 bits per heavy atom. The molecule has 1 aromatic heterocycles. The molecule has 2 unspecified atom stereocenters. The molecule has 2 aliphatic rings. The lowest BCUT2D eigenvalue weighted by Crippen LogP contribution is -2.43. The van der Waals surface area contributed by atoms with Gasteiger partial charge in [0.25, 0.3) is 0 Å². The standard InChI is InChI=1S/C12H16BrN3O/c13-9-3-8(4-14)12(15-5-9)16-6-10-1-2-11(7-16)17-10/h3,5,10-11H,1-2,4,6-7,14H2. The van der Waals surface area contributed by atoms with E-state index in [1.54, 1.807) is 0 Å². The van der Waals surface area contributed by atoms with Gasteiger partial charge in [-0.15, -0.1) is 0 Å². The van der Waals surface area contributed by atoms with Gasteiger partial charge in [-0.25, -0.2) is 4.98 Å². The molecule has 0 amide bonds. The van der Waals surface area contributed by atoms with Gasteiger partial charge >= 0.3 is 0 Å². The van der Waals surface area contributed by atoms with Crippen molar-refractivity contribution >= 4 is 21.7 Å². The van der Waals surface area contributed by atoms with Crippen molar-refractivity contribution in [1.82, 2.24) is 4.98 Å². The molecule has 3 rings (SSSR count). The summed E-state index contributed by atoms with van der Waals surface area (Å²) in [6.45, 7) is 2.41. The molecule has 2 bridgehead atoms. The summed E-state index contributed by atoms with van der Waals surface area (Å²) < 4.78 is 6.82. The average Bonchev–Trinajstić information content (AvgIpc) is 2.68. The van der Waals surface area contributed by atoms with Crippen LogP contribution in [0.4, 0.5) is 5.82 Å². The minimum absolute atomic E-state index is 0.379. The Hall–Kier alpha value is -0.650. The number of nitrogens with zero attached hydrogens (tertiary/aromatic N) is 2. The first-order chi connectivity index (χ1) is 8.26. The molecule has 4 nitrogen and oxygen atoms in total. The molecule has 2 saturated heterocycles. The Labute approximate surface area is 109 Å². The number of ether oxygens (including phenoxy) is 1. The number of hydrogen-bond acceptors (Lipinski definition) is 4. The summed E-state index contributed by atoms with van der Waals surface area (Å²) >= 11 is 3.44. The van der Waals surface area contributed by atoms with Gasteiger partial charge in [0.15, 0.2) is 0 Å². The molecule has 1 aromatic rings. The molecule has 2 fully saturated rings. The van der Waals surface area contributed by atoms with E-state index in [0.717, 1.165) is 28.9 Å². The number of pyridine rings is 1. The van der Waals surface area contributed by atoms with Crippen molar-refractivity contribution in [3.05, 3.63) is 22.3 Å². The number of fused-ring (bicyclic) bond motifs is 2. The maximum atomic E-state index is 5.84. The van der Waals surface area contributed by atoms with Gasteiger partial charge in [0.05, 0.1) is 12.2 Å². The van der Waals surface area contributed by atoms with Crippen LogP contribution in [0.1, 0.15) is 18.4 Å². The van der Waals surface area contributed by atoms with Crippen LogP contribution in [-0.4, -0.2) is 30.3 Å². The predicted molar refractivity (Wildman–Crippen MR) is 69.9 cm³/mol. The van der Waals surface area contributed by atoms with Crippen LogP contribution in [0, 0.1) is 0 Å². The first-order valence-corrected chi connectivity index (χ1v) is 6.80. The fourth-order valence-corrected chi connectivity index (χ4v) is 3.08. The zero-order valence-corrected chi connectivity index (χ0v) is 11.2. The van der Waals surface area contributed by atoms with Crippen LogP contribution < -0.4 is 10.6 Å². The van der Waals surface area contributed by atoms with E-state index in [9.17, 15) is 0 Å². The van der Waals surface area contributed by atoms with Gasteiger partial charge in [0.2, 0.25) is 0 Å². The normalized spacial score (nSPS) is 27.5. The van der Waals surface area contributed by atoms with E-state index in [0.29, 0.717) is 18.8 Å². The van der Waals surface area contributed by atoms with Crippen LogP contribution in [0.2, 0.25) is 0 Å². The summed E-state index contributed by atoms with van der Waals surface area (Å²) in [5.41, 5.74) is 6.89. The Bertz CT molecular complexity index is 414. The molecule has 17 heavy (non-hydrogen) atoms. The molecule has 0 aromatic carbocycles. The summed E-state index contributed by atoms with van der Waals surface area (Å²) in [5.74, 6) is 1.02. The second-order valence-corrected chi connectivity index (χ2v) is 5.62. The van der Waals surface area contributed by atoms with Crippen LogP contribution >= 0.6 is 15.9 Å². The number of aromatic nitrogens is 1. The number of halogens is 1. The second-order valence-electron chi connectivity index (χ2n) is 4.70. The smallest absolute Gasteiger partial charge is 0.133 e. The van der Waals surface area contributed by atoms with E-state index in [2.05, 4.69) is 31.9 Å². The highest BCUT2D eigenvalue weighted by Crippen LogP contribution is 2.30. The molecule has 0 saturated carbocycles. The largest absolute Gasteiger partial charge is 0.371 e. The highest BCUT2D eigenvalue weighted by Gasteiger charge is 2.34. The first kappa shape index (κ1) is 11.4. The summed E-state index contributed by atoms with van der Waals surface area (Å²) in [7, 11) is 0. The Balaban J connectivity index is 1.88. The fourth-order valence-electron chi connectivity index (χ4n) is 2.70. The van der Waals surface area contributed by atoms with Crippen LogP contribution in [0.3, 0.4) is 0 Å². The average molecular weight is 298 g/mol. The van der Waals surface area contributed by atoms with E-state index in [1.165, 1.54) is 12.8 Å². The topological polar surface area (TPSA) is 51.4 Å². The van der Waals surface area contributed by atoms with E-state index >= 15 is 0 Å². The number of rotatable bonds is 2. The Morgan fingerprint density at radius 2 is 2.12 bits per heavy atom. The molecular weight excluding hydrogens is 282 g/mol. The minimum Gasteiger partial charge on any atom is -0.371 e. The van der Waals surface area contributed by atoms with Crippen molar-refractivity contribution in [3.8, 4) is 0 Å². The van der Waals surface area contributed by atoms with E-state index in [-0.39, 0.29) is 0 Å². The van der Waals surface area contributed by atoms with Crippen molar-refractivity contribution in [3.63, 3.8) is 0 Å². The molecule has 0 spiro atoms. The second kappa shape index (κ2) is 4.55. The lowest BCUT2D eigenvalue weighted by molar-refractivity contribution is 0.0301. The van der Waals surface area contributed by atoms with E-state index < -0.39 is 0 Å². The molecular formula is C12H16BrN3O. The lowest BCUT2D eigenvalue weighted by Gasteiger charge is -2.34. The van der Waals surface area contributed by atoms with Crippen molar-refractivity contribution in [1.29, 1.82) is 0 Å². The maximum absolute atomic E-state index is 5.84.